The van der Waals surface area contributed by atoms with Crippen LogP contribution in [0.4, 0.5) is 0 Å². The Kier molecular flexibility index (Phi) is 6.54. The largest absolute Gasteiger partial charge is 0.492 e. The molecule has 0 aromatic heterocycles. The number of aryl methyl sites for hydroxylation is 1. The summed E-state index contributed by atoms with van der Waals surface area (Å²) in [4.78, 5) is 10.9. The van der Waals surface area contributed by atoms with E-state index in [1.807, 2.05) is 25.1 Å². The number of hydrogen-bond acceptors (Lipinski definition) is 3. The van der Waals surface area contributed by atoms with E-state index in [1.54, 1.807) is 0 Å². The molecule has 1 rings (SSSR count). The second kappa shape index (κ2) is 7.95. The minimum Gasteiger partial charge on any atom is -0.492 e. The summed E-state index contributed by atoms with van der Waals surface area (Å²) < 4.78 is 5.59. The normalized spacial score (nSPS) is 10.2. The Bertz CT molecular complexity index is 397. The number of carbonyl (C=O) groups is 1. The maximum absolute atomic E-state index is 10.9. The average Bonchev–Trinajstić information content (AvgIpc) is 2.37. The number of hydrazine groups is 1. The number of ether oxygens (including phenoxy) is 1. The van der Waals surface area contributed by atoms with Gasteiger partial charge in [-0.05, 0) is 43.9 Å². The first kappa shape index (κ1) is 14.8. The lowest BCUT2D eigenvalue weighted by Crippen LogP contribution is -2.29. The van der Waals surface area contributed by atoms with Crippen molar-refractivity contribution in [2.24, 2.45) is 5.84 Å². The number of nitrogens with two attached hydrogens (primary N) is 1. The Labute approximate surface area is 112 Å². The van der Waals surface area contributed by atoms with Gasteiger partial charge in [-0.2, -0.15) is 0 Å². The monoisotopic (exact) mass is 270 g/mol. The van der Waals surface area contributed by atoms with E-state index in [2.05, 4.69) is 5.43 Å². The van der Waals surface area contributed by atoms with E-state index in [0.717, 1.165) is 30.6 Å². The van der Waals surface area contributed by atoms with E-state index in [1.165, 1.54) is 0 Å². The molecule has 0 atom stereocenters. The average molecular weight is 271 g/mol. The lowest BCUT2D eigenvalue weighted by Gasteiger charge is -2.08. The van der Waals surface area contributed by atoms with Gasteiger partial charge in [0, 0.05) is 6.42 Å². The topological polar surface area (TPSA) is 64.3 Å². The van der Waals surface area contributed by atoms with Gasteiger partial charge >= 0.3 is 0 Å². The minimum atomic E-state index is -0.127. The third-order valence-electron chi connectivity index (χ3n) is 2.55. The molecule has 5 heteroatoms. The molecule has 4 nitrogen and oxygen atoms in total. The zero-order chi connectivity index (χ0) is 13.4. The van der Waals surface area contributed by atoms with Crippen LogP contribution in [0.5, 0.6) is 5.75 Å². The molecule has 3 N–H and O–H groups in total. The highest BCUT2D eigenvalue weighted by molar-refractivity contribution is 6.32. The summed E-state index contributed by atoms with van der Waals surface area (Å²) in [7, 11) is 0. The van der Waals surface area contributed by atoms with E-state index in [9.17, 15) is 4.79 Å². The van der Waals surface area contributed by atoms with Crippen LogP contribution in [0.15, 0.2) is 18.2 Å². The molecular formula is C13H19ClN2O2. The van der Waals surface area contributed by atoms with Gasteiger partial charge in [-0.25, -0.2) is 5.84 Å². The van der Waals surface area contributed by atoms with Crippen LogP contribution in [0.2, 0.25) is 5.02 Å². The van der Waals surface area contributed by atoms with Crippen LogP contribution >= 0.6 is 11.6 Å². The molecule has 0 aliphatic carbocycles. The number of rotatable bonds is 7. The first-order chi connectivity index (χ1) is 8.63. The van der Waals surface area contributed by atoms with Crippen molar-refractivity contribution in [2.75, 3.05) is 6.61 Å². The number of unbranched alkanes of at least 4 members (excludes halogenated alkanes) is 2. The third-order valence-corrected chi connectivity index (χ3v) is 2.87. The molecule has 0 radical (unpaired) electrons. The molecule has 0 aliphatic rings. The Hall–Kier alpha value is -1.26. The van der Waals surface area contributed by atoms with Gasteiger partial charge in [0.05, 0.1) is 11.6 Å². The van der Waals surface area contributed by atoms with E-state index in [4.69, 9.17) is 22.2 Å². The van der Waals surface area contributed by atoms with Crippen LogP contribution in [-0.2, 0) is 4.79 Å². The molecule has 0 saturated heterocycles. The molecule has 1 amide bonds. The molecule has 18 heavy (non-hydrogen) atoms. The van der Waals surface area contributed by atoms with Gasteiger partial charge in [0.25, 0.3) is 0 Å². The number of benzene rings is 1. The van der Waals surface area contributed by atoms with E-state index in [-0.39, 0.29) is 5.91 Å². The molecule has 0 heterocycles. The molecule has 0 saturated carbocycles. The van der Waals surface area contributed by atoms with Gasteiger partial charge < -0.3 is 4.74 Å². The van der Waals surface area contributed by atoms with Crippen LogP contribution in [0.1, 0.15) is 31.2 Å². The van der Waals surface area contributed by atoms with Gasteiger partial charge in [-0.15, -0.1) is 0 Å². The van der Waals surface area contributed by atoms with Crippen molar-refractivity contribution >= 4 is 17.5 Å². The Morgan fingerprint density at radius 3 is 2.89 bits per heavy atom. The SMILES string of the molecule is Cc1ccc(Cl)c(OCCCCCC(=O)NN)c1. The molecule has 0 aliphatic heterocycles. The number of amides is 1. The van der Waals surface area contributed by atoms with Crippen LogP contribution in [-0.4, -0.2) is 12.5 Å². The van der Waals surface area contributed by atoms with E-state index < -0.39 is 0 Å². The zero-order valence-corrected chi connectivity index (χ0v) is 11.3. The minimum absolute atomic E-state index is 0.127. The summed E-state index contributed by atoms with van der Waals surface area (Å²) >= 11 is 6.00. The van der Waals surface area contributed by atoms with Crippen molar-refractivity contribution in [1.82, 2.24) is 5.43 Å². The van der Waals surface area contributed by atoms with E-state index >= 15 is 0 Å². The highest BCUT2D eigenvalue weighted by Crippen LogP contribution is 2.25. The summed E-state index contributed by atoms with van der Waals surface area (Å²) in [5, 5.41) is 0.628. The van der Waals surface area contributed by atoms with Crippen molar-refractivity contribution in [1.29, 1.82) is 0 Å². The summed E-state index contributed by atoms with van der Waals surface area (Å²) in [6, 6.07) is 5.70. The van der Waals surface area contributed by atoms with Gasteiger partial charge in [-0.1, -0.05) is 17.7 Å². The van der Waals surface area contributed by atoms with Gasteiger partial charge in [0.2, 0.25) is 5.91 Å². The van der Waals surface area contributed by atoms with Crippen LogP contribution in [0, 0.1) is 6.92 Å². The fourth-order valence-electron chi connectivity index (χ4n) is 1.54. The summed E-state index contributed by atoms with van der Waals surface area (Å²) in [6.45, 7) is 2.60. The second-order valence-electron chi connectivity index (χ2n) is 4.16. The molecule has 1 aromatic rings. The lowest BCUT2D eigenvalue weighted by molar-refractivity contribution is -0.121. The molecule has 0 fully saturated rings. The van der Waals surface area contributed by atoms with Crippen LogP contribution in [0.3, 0.4) is 0 Å². The van der Waals surface area contributed by atoms with E-state index in [0.29, 0.717) is 18.1 Å². The zero-order valence-electron chi connectivity index (χ0n) is 10.5. The first-order valence-corrected chi connectivity index (χ1v) is 6.39. The number of nitrogens with one attached hydrogen (secondary N) is 1. The van der Waals surface area contributed by atoms with Crippen LogP contribution < -0.4 is 16.0 Å². The quantitative estimate of drug-likeness (QED) is 0.346. The third kappa shape index (κ3) is 5.38. The fraction of sp³-hybridized carbons (Fsp3) is 0.462. The lowest BCUT2D eigenvalue weighted by atomic mass is 10.2. The summed E-state index contributed by atoms with van der Waals surface area (Å²) in [5.41, 5.74) is 3.23. The maximum atomic E-state index is 10.9. The van der Waals surface area contributed by atoms with Gasteiger partial charge in [0.1, 0.15) is 5.75 Å². The van der Waals surface area contributed by atoms with Crippen molar-refractivity contribution in [3.8, 4) is 5.75 Å². The molecule has 0 unspecified atom stereocenters. The predicted octanol–water partition coefficient (Wildman–Crippen LogP) is 2.58. The molecule has 1 aromatic carbocycles. The predicted molar refractivity (Wildman–Crippen MR) is 72.5 cm³/mol. The first-order valence-electron chi connectivity index (χ1n) is 6.02. The second-order valence-corrected chi connectivity index (χ2v) is 4.57. The number of halogens is 1. The molecular weight excluding hydrogens is 252 g/mol. The van der Waals surface area contributed by atoms with Gasteiger partial charge in [-0.3, -0.25) is 10.2 Å². The highest BCUT2D eigenvalue weighted by Gasteiger charge is 2.02. The highest BCUT2D eigenvalue weighted by atomic mass is 35.5. The van der Waals surface area contributed by atoms with Crippen LogP contribution in [0.25, 0.3) is 0 Å². The summed E-state index contributed by atoms with van der Waals surface area (Å²) in [6.07, 6.45) is 3.09. The van der Waals surface area contributed by atoms with Crippen molar-refractivity contribution in [3.05, 3.63) is 28.8 Å². The number of carbonyl (C=O) groups excluding carboxylic acids is 1. The Morgan fingerprint density at radius 1 is 1.39 bits per heavy atom. The van der Waals surface area contributed by atoms with Crippen molar-refractivity contribution in [3.63, 3.8) is 0 Å². The van der Waals surface area contributed by atoms with Crippen molar-refractivity contribution in [2.45, 2.75) is 32.6 Å². The Morgan fingerprint density at radius 2 is 2.17 bits per heavy atom. The maximum Gasteiger partial charge on any atom is 0.233 e. The molecule has 0 spiro atoms. The number of hydrogen-bond donors (Lipinski definition) is 2. The Balaban J connectivity index is 2.18. The smallest absolute Gasteiger partial charge is 0.233 e. The van der Waals surface area contributed by atoms with Gasteiger partial charge in [0.15, 0.2) is 0 Å². The molecule has 0 bridgehead atoms. The van der Waals surface area contributed by atoms with Crippen molar-refractivity contribution < 1.29 is 9.53 Å². The molecule has 100 valence electrons. The summed E-state index contributed by atoms with van der Waals surface area (Å²) in [5.74, 6) is 5.57. The fourth-order valence-corrected chi connectivity index (χ4v) is 1.71. The standard InChI is InChI=1S/C13H19ClN2O2/c1-10-6-7-11(14)12(9-10)18-8-4-2-3-5-13(17)16-15/h6-7,9H,2-5,8,15H2,1H3,(H,16,17).